The summed E-state index contributed by atoms with van der Waals surface area (Å²) in [6.45, 7) is 1.99. The number of hydrogen-bond acceptors (Lipinski definition) is 3. The lowest BCUT2D eigenvalue weighted by Gasteiger charge is -2.01. The van der Waals surface area contributed by atoms with Gasteiger partial charge in [0, 0.05) is 5.56 Å². The third-order valence-electron chi connectivity index (χ3n) is 4.00. The van der Waals surface area contributed by atoms with Crippen molar-refractivity contribution in [2.24, 2.45) is 4.99 Å². The molecule has 0 radical (unpaired) electrons. The van der Waals surface area contributed by atoms with E-state index in [1.165, 1.54) is 0 Å². The van der Waals surface area contributed by atoms with Crippen molar-refractivity contribution in [3.8, 4) is 0 Å². The van der Waals surface area contributed by atoms with Crippen molar-refractivity contribution in [2.45, 2.75) is 6.92 Å². The molecule has 0 bridgehead atoms. The highest BCUT2D eigenvalue weighted by atomic mass is 16.6. The summed E-state index contributed by atoms with van der Waals surface area (Å²) < 4.78 is 5.34. The summed E-state index contributed by atoms with van der Waals surface area (Å²) in [6, 6.07) is 21.8. The number of hydrogen-bond donors (Lipinski definition) is 0. The van der Waals surface area contributed by atoms with Gasteiger partial charge in [-0.1, -0.05) is 60.2 Å². The van der Waals surface area contributed by atoms with E-state index in [0.29, 0.717) is 11.6 Å². The maximum atomic E-state index is 12.2. The molecule has 3 nitrogen and oxygen atoms in total. The minimum Gasteiger partial charge on any atom is -0.402 e. The van der Waals surface area contributed by atoms with Crippen LogP contribution in [0.1, 0.15) is 16.7 Å². The molecular formula is C21H15NO2. The van der Waals surface area contributed by atoms with Gasteiger partial charge in [0.15, 0.2) is 5.70 Å². The third kappa shape index (κ3) is 2.61. The predicted octanol–water partition coefficient (Wildman–Crippen LogP) is 4.49. The van der Waals surface area contributed by atoms with Gasteiger partial charge in [-0.2, -0.15) is 0 Å². The zero-order chi connectivity index (χ0) is 16.5. The van der Waals surface area contributed by atoms with Crippen LogP contribution in [0.2, 0.25) is 0 Å². The van der Waals surface area contributed by atoms with Gasteiger partial charge in [0.25, 0.3) is 0 Å². The van der Waals surface area contributed by atoms with Crippen molar-refractivity contribution in [3.05, 3.63) is 89.1 Å². The standard InChI is InChI=1S/C21H15NO2/c1-14-6-4-10-17(12-14)20-22-19(21(23)24-20)13-16-9-5-8-15-7-2-3-11-18(15)16/h2-13H,1H3. The fraction of sp³-hybridized carbons (Fsp3) is 0.0476. The van der Waals surface area contributed by atoms with E-state index < -0.39 is 5.97 Å². The zero-order valence-electron chi connectivity index (χ0n) is 13.2. The second kappa shape index (κ2) is 5.78. The average molecular weight is 313 g/mol. The first-order chi connectivity index (χ1) is 11.7. The van der Waals surface area contributed by atoms with Crippen molar-refractivity contribution < 1.29 is 9.53 Å². The van der Waals surface area contributed by atoms with Crippen LogP contribution in [0.15, 0.2) is 77.4 Å². The zero-order valence-corrected chi connectivity index (χ0v) is 13.2. The van der Waals surface area contributed by atoms with Crippen molar-refractivity contribution >= 4 is 28.7 Å². The fourth-order valence-electron chi connectivity index (χ4n) is 2.83. The number of aryl methyl sites for hydroxylation is 1. The second-order valence-electron chi connectivity index (χ2n) is 5.77. The van der Waals surface area contributed by atoms with E-state index in [1.54, 1.807) is 6.08 Å². The Morgan fingerprint density at radius 1 is 0.958 bits per heavy atom. The third-order valence-corrected chi connectivity index (χ3v) is 4.00. The summed E-state index contributed by atoms with van der Waals surface area (Å²) in [5.41, 5.74) is 3.18. The van der Waals surface area contributed by atoms with Gasteiger partial charge < -0.3 is 4.74 Å². The highest BCUT2D eigenvalue weighted by Gasteiger charge is 2.24. The fourth-order valence-corrected chi connectivity index (χ4v) is 2.83. The van der Waals surface area contributed by atoms with Gasteiger partial charge in [0.1, 0.15) is 0 Å². The van der Waals surface area contributed by atoms with E-state index in [-0.39, 0.29) is 0 Å². The van der Waals surface area contributed by atoms with E-state index in [1.807, 2.05) is 73.7 Å². The molecule has 3 aromatic carbocycles. The van der Waals surface area contributed by atoms with Crippen molar-refractivity contribution in [3.63, 3.8) is 0 Å². The number of rotatable bonds is 2. The molecule has 4 rings (SSSR count). The molecule has 1 aliphatic rings. The van der Waals surface area contributed by atoms with Gasteiger partial charge in [0.2, 0.25) is 5.90 Å². The highest BCUT2D eigenvalue weighted by Crippen LogP contribution is 2.24. The topological polar surface area (TPSA) is 38.7 Å². The Bertz CT molecular complexity index is 1010. The number of benzene rings is 3. The molecule has 1 heterocycles. The van der Waals surface area contributed by atoms with Crippen LogP contribution in [-0.4, -0.2) is 11.9 Å². The molecule has 0 aromatic heterocycles. The molecule has 0 unspecified atom stereocenters. The quantitative estimate of drug-likeness (QED) is 0.516. The summed E-state index contributed by atoms with van der Waals surface area (Å²) >= 11 is 0. The summed E-state index contributed by atoms with van der Waals surface area (Å²) in [5, 5.41) is 2.21. The Balaban J connectivity index is 1.78. The SMILES string of the molecule is Cc1cccc(C2=NC(=Cc3cccc4ccccc34)C(=O)O2)c1. The lowest BCUT2D eigenvalue weighted by Crippen LogP contribution is -2.05. The van der Waals surface area contributed by atoms with Crippen molar-refractivity contribution in [1.29, 1.82) is 0 Å². The smallest absolute Gasteiger partial charge is 0.363 e. The first kappa shape index (κ1) is 14.4. The van der Waals surface area contributed by atoms with Crippen LogP contribution in [0.25, 0.3) is 16.8 Å². The van der Waals surface area contributed by atoms with Crippen LogP contribution in [0, 0.1) is 6.92 Å². The van der Waals surface area contributed by atoms with E-state index in [4.69, 9.17) is 4.74 Å². The first-order valence-electron chi connectivity index (χ1n) is 7.78. The molecule has 0 amide bonds. The lowest BCUT2D eigenvalue weighted by molar-refractivity contribution is -0.129. The van der Waals surface area contributed by atoms with Gasteiger partial charge in [-0.25, -0.2) is 9.79 Å². The Hall–Kier alpha value is -3.20. The van der Waals surface area contributed by atoms with Crippen LogP contribution in [0.5, 0.6) is 0 Å². The summed E-state index contributed by atoms with van der Waals surface area (Å²) in [5.74, 6) is -0.0605. The van der Waals surface area contributed by atoms with Gasteiger partial charge in [-0.15, -0.1) is 0 Å². The Morgan fingerprint density at radius 2 is 1.75 bits per heavy atom. The minimum atomic E-state index is -0.417. The van der Waals surface area contributed by atoms with E-state index >= 15 is 0 Å². The molecule has 0 saturated carbocycles. The summed E-state index contributed by atoms with van der Waals surface area (Å²) in [4.78, 5) is 16.6. The predicted molar refractivity (Wildman–Crippen MR) is 95.7 cm³/mol. The van der Waals surface area contributed by atoms with Crippen LogP contribution >= 0.6 is 0 Å². The molecule has 24 heavy (non-hydrogen) atoms. The molecule has 0 saturated heterocycles. The number of ether oxygens (including phenoxy) is 1. The van der Waals surface area contributed by atoms with Gasteiger partial charge in [0.05, 0.1) is 0 Å². The number of esters is 1. The van der Waals surface area contributed by atoms with E-state index in [0.717, 1.165) is 27.5 Å². The Kier molecular flexibility index (Phi) is 3.47. The number of carbonyl (C=O) groups is 1. The Labute approximate surface area is 139 Å². The normalized spacial score (nSPS) is 15.6. The van der Waals surface area contributed by atoms with Crippen LogP contribution in [0.3, 0.4) is 0 Å². The summed E-state index contributed by atoms with van der Waals surface area (Å²) in [6.07, 6.45) is 1.79. The molecule has 0 N–H and O–H groups in total. The molecule has 1 aliphatic heterocycles. The monoisotopic (exact) mass is 313 g/mol. The van der Waals surface area contributed by atoms with Crippen LogP contribution in [0.4, 0.5) is 0 Å². The van der Waals surface area contributed by atoms with Gasteiger partial charge in [-0.05, 0) is 41.5 Å². The number of cyclic esters (lactones) is 1. The van der Waals surface area contributed by atoms with E-state index in [9.17, 15) is 4.79 Å². The molecule has 116 valence electrons. The molecule has 0 fully saturated rings. The molecule has 3 aromatic rings. The molecule has 0 atom stereocenters. The largest absolute Gasteiger partial charge is 0.402 e. The van der Waals surface area contributed by atoms with Crippen LogP contribution < -0.4 is 0 Å². The van der Waals surface area contributed by atoms with Crippen molar-refractivity contribution in [1.82, 2.24) is 0 Å². The Morgan fingerprint density at radius 3 is 2.62 bits per heavy atom. The summed E-state index contributed by atoms with van der Waals surface area (Å²) in [7, 11) is 0. The number of fused-ring (bicyclic) bond motifs is 1. The lowest BCUT2D eigenvalue weighted by atomic mass is 10.0. The second-order valence-corrected chi connectivity index (χ2v) is 5.77. The molecule has 0 spiro atoms. The molecular weight excluding hydrogens is 298 g/mol. The van der Waals surface area contributed by atoms with E-state index in [2.05, 4.69) is 4.99 Å². The van der Waals surface area contributed by atoms with Crippen LogP contribution in [-0.2, 0) is 9.53 Å². The van der Waals surface area contributed by atoms with Gasteiger partial charge >= 0.3 is 5.97 Å². The maximum Gasteiger partial charge on any atom is 0.363 e. The number of aliphatic imine (C=N–C) groups is 1. The highest BCUT2D eigenvalue weighted by molar-refractivity contribution is 6.13. The molecule has 0 aliphatic carbocycles. The number of nitrogens with zero attached hydrogens (tertiary/aromatic N) is 1. The number of carbonyl (C=O) groups excluding carboxylic acids is 1. The average Bonchev–Trinajstić information content (AvgIpc) is 2.96. The maximum absolute atomic E-state index is 12.2. The minimum absolute atomic E-state index is 0.322. The van der Waals surface area contributed by atoms with Gasteiger partial charge in [-0.3, -0.25) is 0 Å². The molecule has 3 heteroatoms. The first-order valence-corrected chi connectivity index (χ1v) is 7.78. The van der Waals surface area contributed by atoms with Crippen molar-refractivity contribution in [2.75, 3.05) is 0 Å².